The van der Waals surface area contributed by atoms with Crippen molar-refractivity contribution in [3.05, 3.63) is 32.6 Å². The van der Waals surface area contributed by atoms with Gasteiger partial charge in [0.25, 0.3) is 5.56 Å². The summed E-state index contributed by atoms with van der Waals surface area (Å²) < 4.78 is 27.4. The van der Waals surface area contributed by atoms with E-state index in [1.165, 1.54) is 24.8 Å². The van der Waals surface area contributed by atoms with Crippen molar-refractivity contribution in [3.8, 4) is 0 Å². The van der Waals surface area contributed by atoms with Crippen LogP contribution < -0.4 is 11.2 Å². The molecular formula is C18H24N2O10. The first-order valence-electron chi connectivity index (χ1n) is 9.10. The number of hydrogen-bond donors (Lipinski definition) is 1. The first-order valence-corrected chi connectivity index (χ1v) is 9.10. The molecule has 2 unspecified atom stereocenters. The largest absolute Gasteiger partial charge is 0.463 e. The number of nitrogens with one attached hydrogen (secondary N) is 1. The number of ether oxygens (including phenoxy) is 5. The van der Waals surface area contributed by atoms with Crippen LogP contribution in [0.3, 0.4) is 0 Å². The summed E-state index contributed by atoms with van der Waals surface area (Å²) in [7, 11) is 1.46. The Hall–Kier alpha value is -2.99. The zero-order valence-corrected chi connectivity index (χ0v) is 17.0. The van der Waals surface area contributed by atoms with E-state index in [1.54, 1.807) is 0 Å². The smallest absolute Gasteiger partial charge is 0.328 e. The standard InChI is InChI=1S/C18H24N2O10/c1-9(21)27-8-13-15(28-10(2)22)16(29-11(3)23)14(30-13)12-7-20(5-6-26-4)18(25)19-17(12)24/h7,13-16H,5-6,8H2,1-4H3,(H,19,24,25)/t13-,14+,15?,16?/m1/s1. The van der Waals surface area contributed by atoms with Gasteiger partial charge in [0.15, 0.2) is 12.2 Å². The Balaban J connectivity index is 2.48. The minimum Gasteiger partial charge on any atom is -0.463 e. The fraction of sp³-hybridized carbons (Fsp3) is 0.611. The average molecular weight is 428 g/mol. The maximum absolute atomic E-state index is 12.5. The molecule has 0 amide bonds. The molecule has 166 valence electrons. The van der Waals surface area contributed by atoms with E-state index in [1.807, 2.05) is 0 Å². The molecule has 0 radical (unpaired) electrons. The lowest BCUT2D eigenvalue weighted by atomic mass is 10.0. The van der Waals surface area contributed by atoms with E-state index >= 15 is 0 Å². The Bertz CT molecular complexity index is 905. The quantitative estimate of drug-likeness (QED) is 0.405. The molecule has 0 saturated carbocycles. The highest BCUT2D eigenvalue weighted by Gasteiger charge is 2.51. The topological polar surface area (TPSA) is 152 Å². The van der Waals surface area contributed by atoms with Gasteiger partial charge in [-0.1, -0.05) is 0 Å². The van der Waals surface area contributed by atoms with E-state index in [4.69, 9.17) is 23.7 Å². The van der Waals surface area contributed by atoms with E-state index in [2.05, 4.69) is 4.98 Å². The molecule has 12 heteroatoms. The van der Waals surface area contributed by atoms with Gasteiger partial charge in [-0.15, -0.1) is 0 Å². The summed E-state index contributed by atoms with van der Waals surface area (Å²) in [6.07, 6.45) is -3.28. The van der Waals surface area contributed by atoms with Gasteiger partial charge in [0.1, 0.15) is 18.8 Å². The van der Waals surface area contributed by atoms with Gasteiger partial charge >= 0.3 is 23.6 Å². The van der Waals surface area contributed by atoms with Crippen molar-refractivity contribution in [2.45, 2.75) is 51.7 Å². The van der Waals surface area contributed by atoms with Crippen molar-refractivity contribution >= 4 is 17.9 Å². The summed E-state index contributed by atoms with van der Waals surface area (Å²) in [6.45, 7) is 3.53. The minimum atomic E-state index is -1.21. The SMILES string of the molecule is COCCn1cc([C@@H]2O[C@H](COC(C)=O)C(OC(C)=O)C2OC(C)=O)c(=O)[nH]c1=O. The van der Waals surface area contributed by atoms with Crippen molar-refractivity contribution in [1.82, 2.24) is 9.55 Å². The Morgan fingerprint density at radius 3 is 2.27 bits per heavy atom. The molecule has 1 saturated heterocycles. The van der Waals surface area contributed by atoms with Crippen LogP contribution in [0.2, 0.25) is 0 Å². The highest BCUT2D eigenvalue weighted by Crippen LogP contribution is 2.36. The number of nitrogens with zero attached hydrogens (tertiary/aromatic N) is 1. The molecule has 4 atom stereocenters. The fourth-order valence-corrected chi connectivity index (χ4v) is 3.05. The predicted octanol–water partition coefficient (Wildman–Crippen LogP) is -0.951. The van der Waals surface area contributed by atoms with Gasteiger partial charge in [0, 0.05) is 34.1 Å². The number of carbonyl (C=O) groups excluding carboxylic acids is 3. The Kier molecular flexibility index (Phi) is 7.89. The van der Waals surface area contributed by atoms with E-state index < -0.39 is 53.6 Å². The molecule has 2 rings (SSSR count). The number of rotatable bonds is 8. The summed E-state index contributed by atoms with van der Waals surface area (Å²) in [6, 6.07) is 0. The molecule has 1 fully saturated rings. The zero-order valence-electron chi connectivity index (χ0n) is 17.0. The van der Waals surface area contributed by atoms with Crippen LogP contribution in [0, 0.1) is 0 Å². The predicted molar refractivity (Wildman–Crippen MR) is 98.6 cm³/mol. The van der Waals surface area contributed by atoms with Crippen molar-refractivity contribution in [2.75, 3.05) is 20.3 Å². The molecule has 0 spiro atoms. The number of H-pyrrole nitrogens is 1. The van der Waals surface area contributed by atoms with Crippen LogP contribution in [0.15, 0.2) is 15.8 Å². The average Bonchev–Trinajstić information content (AvgIpc) is 2.95. The first-order chi connectivity index (χ1) is 14.1. The highest BCUT2D eigenvalue weighted by atomic mass is 16.6. The van der Waals surface area contributed by atoms with Crippen LogP contribution in [0.4, 0.5) is 0 Å². The number of aromatic nitrogens is 2. The van der Waals surface area contributed by atoms with E-state index in [-0.39, 0.29) is 25.3 Å². The molecule has 1 aliphatic heterocycles. The highest BCUT2D eigenvalue weighted by molar-refractivity contribution is 5.68. The summed E-state index contributed by atoms with van der Waals surface area (Å²) in [4.78, 5) is 61.1. The van der Waals surface area contributed by atoms with Crippen LogP contribution in [0.5, 0.6) is 0 Å². The number of methoxy groups -OCH3 is 1. The molecule has 1 aromatic rings. The normalized spacial score (nSPS) is 23.1. The third-order valence-electron chi connectivity index (χ3n) is 4.25. The third-order valence-corrected chi connectivity index (χ3v) is 4.25. The second kappa shape index (κ2) is 10.2. The van der Waals surface area contributed by atoms with Crippen LogP contribution in [0.1, 0.15) is 32.4 Å². The van der Waals surface area contributed by atoms with Crippen molar-refractivity contribution in [2.24, 2.45) is 0 Å². The molecule has 0 bridgehead atoms. The van der Waals surface area contributed by atoms with Crippen LogP contribution in [0.25, 0.3) is 0 Å². The molecular weight excluding hydrogens is 404 g/mol. The molecule has 30 heavy (non-hydrogen) atoms. The Morgan fingerprint density at radius 2 is 1.70 bits per heavy atom. The molecule has 0 aromatic carbocycles. The Labute approximate surface area is 171 Å². The molecule has 1 N–H and O–H groups in total. The lowest BCUT2D eigenvalue weighted by Gasteiger charge is -2.23. The van der Waals surface area contributed by atoms with Gasteiger partial charge in [-0.05, 0) is 0 Å². The van der Waals surface area contributed by atoms with Crippen molar-refractivity contribution < 1.29 is 38.1 Å². The summed E-state index contributed by atoms with van der Waals surface area (Å²) in [5.41, 5.74) is -1.44. The number of aromatic amines is 1. The lowest BCUT2D eigenvalue weighted by molar-refractivity contribution is -0.165. The maximum atomic E-state index is 12.5. The van der Waals surface area contributed by atoms with Crippen LogP contribution >= 0.6 is 0 Å². The van der Waals surface area contributed by atoms with Gasteiger partial charge in [0.2, 0.25) is 0 Å². The molecule has 1 aliphatic rings. The van der Waals surface area contributed by atoms with E-state index in [9.17, 15) is 24.0 Å². The summed E-state index contributed by atoms with van der Waals surface area (Å²) >= 11 is 0. The van der Waals surface area contributed by atoms with Gasteiger partial charge < -0.3 is 23.7 Å². The van der Waals surface area contributed by atoms with Crippen molar-refractivity contribution in [3.63, 3.8) is 0 Å². The number of hydrogen-bond acceptors (Lipinski definition) is 10. The zero-order chi connectivity index (χ0) is 22.4. The second-order valence-corrected chi connectivity index (χ2v) is 6.58. The molecule has 2 heterocycles. The Morgan fingerprint density at radius 1 is 1.07 bits per heavy atom. The molecule has 0 aliphatic carbocycles. The molecule has 12 nitrogen and oxygen atoms in total. The summed E-state index contributed by atoms with van der Waals surface area (Å²) in [5.74, 6) is -1.99. The van der Waals surface area contributed by atoms with Gasteiger partial charge in [-0.25, -0.2) is 4.79 Å². The first kappa shape index (κ1) is 23.3. The van der Waals surface area contributed by atoms with Crippen LogP contribution in [-0.2, 0) is 44.6 Å². The fourth-order valence-electron chi connectivity index (χ4n) is 3.05. The molecule has 1 aromatic heterocycles. The lowest BCUT2D eigenvalue weighted by Crippen LogP contribution is -2.41. The second-order valence-electron chi connectivity index (χ2n) is 6.58. The van der Waals surface area contributed by atoms with E-state index in [0.29, 0.717) is 0 Å². The van der Waals surface area contributed by atoms with E-state index in [0.717, 1.165) is 13.8 Å². The van der Waals surface area contributed by atoms with Gasteiger partial charge in [0.05, 0.1) is 18.7 Å². The summed E-state index contributed by atoms with van der Waals surface area (Å²) in [5, 5.41) is 0. The number of esters is 3. The monoisotopic (exact) mass is 428 g/mol. The third kappa shape index (κ3) is 5.76. The maximum Gasteiger partial charge on any atom is 0.328 e. The number of carbonyl (C=O) groups is 3. The van der Waals surface area contributed by atoms with Crippen molar-refractivity contribution in [1.29, 1.82) is 0 Å². The van der Waals surface area contributed by atoms with Gasteiger partial charge in [-0.3, -0.25) is 28.7 Å². The van der Waals surface area contributed by atoms with Gasteiger partial charge in [-0.2, -0.15) is 0 Å². The van der Waals surface area contributed by atoms with Crippen LogP contribution in [-0.4, -0.2) is 66.1 Å². The minimum absolute atomic E-state index is 0.0283.